The number of anilines is 2. The lowest BCUT2D eigenvalue weighted by Crippen LogP contribution is -2.30. The van der Waals surface area contributed by atoms with E-state index in [-0.39, 0.29) is 11.6 Å². The number of nitrogens with one attached hydrogen (secondary N) is 3. The van der Waals surface area contributed by atoms with Gasteiger partial charge < -0.3 is 19.8 Å². The number of aryl methyl sites for hydroxylation is 1. The topological polar surface area (TPSA) is 135 Å². The van der Waals surface area contributed by atoms with E-state index >= 15 is 0 Å². The lowest BCUT2D eigenvalue weighted by molar-refractivity contribution is -0.115. The molecule has 10 nitrogen and oxygen atoms in total. The van der Waals surface area contributed by atoms with Crippen LogP contribution in [0, 0.1) is 6.92 Å². The van der Waals surface area contributed by atoms with Crippen molar-refractivity contribution >= 4 is 57.7 Å². The largest absolute Gasteiger partial charge is 0.496 e. The van der Waals surface area contributed by atoms with Crippen LogP contribution >= 0.6 is 23.1 Å². The van der Waals surface area contributed by atoms with Gasteiger partial charge in [-0.15, -0.1) is 22.0 Å². The molecule has 3 aromatic carbocycles. The zero-order valence-corrected chi connectivity index (χ0v) is 26.2. The summed E-state index contributed by atoms with van der Waals surface area (Å²) in [4.78, 5) is 39.9. The van der Waals surface area contributed by atoms with E-state index in [9.17, 15) is 14.4 Å². The fourth-order valence-corrected chi connectivity index (χ4v) is 5.60. The highest BCUT2D eigenvalue weighted by molar-refractivity contribution is 8.00. The van der Waals surface area contributed by atoms with Crippen LogP contribution in [0.25, 0.3) is 17.4 Å². The Kier molecular flexibility index (Phi) is 10.1. The quantitative estimate of drug-likeness (QED) is 0.108. The number of carbonyl (C=O) groups is 3. The van der Waals surface area contributed by atoms with Crippen LogP contribution in [0.15, 0.2) is 106 Å². The molecule has 12 heteroatoms. The number of amides is 3. The van der Waals surface area contributed by atoms with Gasteiger partial charge >= 0.3 is 0 Å². The second kappa shape index (κ2) is 14.5. The summed E-state index contributed by atoms with van der Waals surface area (Å²) in [5.41, 5.74) is 1.63. The van der Waals surface area contributed by atoms with Gasteiger partial charge in [-0.1, -0.05) is 41.7 Å². The van der Waals surface area contributed by atoms with Gasteiger partial charge in [-0.25, -0.2) is 0 Å². The summed E-state index contributed by atoms with van der Waals surface area (Å²) in [6, 6.07) is 26.6. The second-order valence-electron chi connectivity index (χ2n) is 9.63. The van der Waals surface area contributed by atoms with E-state index in [1.54, 1.807) is 80.8 Å². The van der Waals surface area contributed by atoms with E-state index in [0.29, 0.717) is 33.7 Å². The summed E-state index contributed by atoms with van der Waals surface area (Å²) in [6.45, 7) is 3.61. The third kappa shape index (κ3) is 8.25. The van der Waals surface area contributed by atoms with Crippen LogP contribution in [-0.2, 0) is 9.59 Å². The highest BCUT2D eigenvalue weighted by Crippen LogP contribution is 2.31. The van der Waals surface area contributed by atoms with Gasteiger partial charge in [0.25, 0.3) is 11.8 Å². The number of benzene rings is 3. The van der Waals surface area contributed by atoms with Gasteiger partial charge in [0.1, 0.15) is 28.0 Å². The molecule has 0 fully saturated rings. The Bertz CT molecular complexity index is 1830. The average Bonchev–Trinajstić information content (AvgIpc) is 3.70. The van der Waals surface area contributed by atoms with Crippen molar-refractivity contribution in [2.45, 2.75) is 24.0 Å². The van der Waals surface area contributed by atoms with Crippen molar-refractivity contribution in [3.63, 3.8) is 0 Å². The summed E-state index contributed by atoms with van der Waals surface area (Å²) in [5, 5.41) is 17.0. The molecule has 0 radical (unpaired) electrons. The molecule has 5 aromatic rings. The van der Waals surface area contributed by atoms with Crippen molar-refractivity contribution in [2.75, 3.05) is 17.7 Å². The number of methoxy groups -OCH3 is 1. The monoisotopic (exact) mass is 639 g/mol. The molecule has 3 N–H and O–H groups in total. The number of aromatic nitrogens is 2. The van der Waals surface area contributed by atoms with E-state index in [1.807, 2.05) is 31.2 Å². The molecule has 0 aliphatic heterocycles. The van der Waals surface area contributed by atoms with Crippen molar-refractivity contribution in [3.05, 3.63) is 113 Å². The minimum absolute atomic E-state index is 0.0135. The molecule has 2 aromatic heterocycles. The first-order valence-corrected chi connectivity index (χ1v) is 15.5. The highest BCUT2D eigenvalue weighted by Gasteiger charge is 2.19. The molecule has 0 aliphatic rings. The minimum atomic E-state index is -0.546. The van der Waals surface area contributed by atoms with Gasteiger partial charge in [-0.2, -0.15) is 0 Å². The molecule has 2 heterocycles. The van der Waals surface area contributed by atoms with Gasteiger partial charge in [0.05, 0.1) is 17.9 Å². The first-order valence-electron chi connectivity index (χ1n) is 13.8. The van der Waals surface area contributed by atoms with Crippen LogP contribution in [-0.4, -0.2) is 40.3 Å². The number of ether oxygens (including phenoxy) is 1. The molecule has 1 atom stereocenters. The predicted molar refractivity (Wildman–Crippen MR) is 176 cm³/mol. The number of furan rings is 1. The summed E-state index contributed by atoms with van der Waals surface area (Å²) >= 11 is 2.67. The standard InChI is InChI=1S/C33H29N5O5S2/c1-20(30(39)36-33-38-37-21(2)45-33)44-25-16-13-23(14-17-25)34-32(41)27(35-31(40)22-9-5-4-6-10-22)19-24-15-18-29(43-24)26-11-7-8-12-28(26)42-3/h4-20H,1-3H3,(H,34,41)(H,35,40)(H,36,38,39)/b27-19+. The van der Waals surface area contributed by atoms with E-state index < -0.39 is 17.1 Å². The fraction of sp³-hybridized carbons (Fsp3) is 0.121. The van der Waals surface area contributed by atoms with Crippen molar-refractivity contribution in [3.8, 4) is 17.1 Å². The third-order valence-corrected chi connectivity index (χ3v) is 8.23. The zero-order valence-electron chi connectivity index (χ0n) is 24.6. The molecule has 5 rings (SSSR count). The van der Waals surface area contributed by atoms with Crippen molar-refractivity contribution in [2.24, 2.45) is 0 Å². The average molecular weight is 640 g/mol. The van der Waals surface area contributed by atoms with Crippen LogP contribution < -0.4 is 20.7 Å². The molecule has 45 heavy (non-hydrogen) atoms. The lowest BCUT2D eigenvalue weighted by atomic mass is 10.1. The Balaban J connectivity index is 1.30. The van der Waals surface area contributed by atoms with E-state index in [0.717, 1.165) is 15.5 Å². The van der Waals surface area contributed by atoms with Gasteiger partial charge in [-0.05, 0) is 74.5 Å². The maximum absolute atomic E-state index is 13.5. The molecule has 0 saturated carbocycles. The van der Waals surface area contributed by atoms with E-state index in [2.05, 4.69) is 26.1 Å². The molecule has 0 aliphatic carbocycles. The maximum atomic E-state index is 13.5. The molecule has 3 amide bonds. The number of rotatable bonds is 11. The van der Waals surface area contributed by atoms with Crippen LogP contribution in [0.5, 0.6) is 5.75 Å². The summed E-state index contributed by atoms with van der Waals surface area (Å²) in [7, 11) is 1.58. The van der Waals surface area contributed by atoms with Crippen molar-refractivity contribution < 1.29 is 23.5 Å². The summed E-state index contributed by atoms with van der Waals surface area (Å²) < 4.78 is 11.5. The molecular formula is C33H29N5O5S2. The zero-order chi connectivity index (χ0) is 31.8. The predicted octanol–water partition coefficient (Wildman–Crippen LogP) is 6.64. The number of para-hydroxylation sites is 1. The van der Waals surface area contributed by atoms with Crippen LogP contribution in [0.3, 0.4) is 0 Å². The Hall–Kier alpha value is -5.20. The van der Waals surface area contributed by atoms with Gasteiger partial charge in [-0.3, -0.25) is 19.7 Å². The Labute approximate surface area is 267 Å². The SMILES string of the molecule is COc1ccccc1-c1ccc(/C=C(/NC(=O)c2ccccc2)C(=O)Nc2ccc(SC(C)C(=O)Nc3nnc(C)s3)cc2)o1. The molecule has 0 saturated heterocycles. The Morgan fingerprint density at radius 1 is 0.911 bits per heavy atom. The van der Waals surface area contributed by atoms with Gasteiger partial charge in [0.2, 0.25) is 11.0 Å². The summed E-state index contributed by atoms with van der Waals surface area (Å²) in [5.74, 6) is 0.358. The van der Waals surface area contributed by atoms with Gasteiger partial charge in [0, 0.05) is 22.2 Å². The number of hydrogen-bond acceptors (Lipinski definition) is 9. The first-order chi connectivity index (χ1) is 21.8. The molecular weight excluding hydrogens is 611 g/mol. The van der Waals surface area contributed by atoms with E-state index in [1.165, 1.54) is 29.2 Å². The van der Waals surface area contributed by atoms with Gasteiger partial charge in [0.15, 0.2) is 0 Å². The van der Waals surface area contributed by atoms with E-state index in [4.69, 9.17) is 9.15 Å². The molecule has 0 spiro atoms. The Morgan fingerprint density at radius 3 is 2.36 bits per heavy atom. The van der Waals surface area contributed by atoms with Crippen LogP contribution in [0.2, 0.25) is 0 Å². The highest BCUT2D eigenvalue weighted by atomic mass is 32.2. The smallest absolute Gasteiger partial charge is 0.272 e. The molecule has 228 valence electrons. The number of hydrogen-bond donors (Lipinski definition) is 3. The number of thioether (sulfide) groups is 1. The maximum Gasteiger partial charge on any atom is 0.272 e. The number of carbonyl (C=O) groups excluding carboxylic acids is 3. The Morgan fingerprint density at radius 2 is 1.64 bits per heavy atom. The van der Waals surface area contributed by atoms with Crippen LogP contribution in [0.1, 0.15) is 28.0 Å². The molecule has 0 bridgehead atoms. The second-order valence-corrected chi connectivity index (χ2v) is 12.2. The minimum Gasteiger partial charge on any atom is -0.496 e. The normalized spacial score (nSPS) is 11.8. The van der Waals surface area contributed by atoms with Crippen molar-refractivity contribution in [1.29, 1.82) is 0 Å². The van der Waals surface area contributed by atoms with Crippen LogP contribution in [0.4, 0.5) is 10.8 Å². The van der Waals surface area contributed by atoms with Crippen molar-refractivity contribution in [1.82, 2.24) is 15.5 Å². The molecule has 1 unspecified atom stereocenters. The lowest BCUT2D eigenvalue weighted by Gasteiger charge is -2.12. The third-order valence-electron chi connectivity index (χ3n) is 6.37. The summed E-state index contributed by atoms with van der Waals surface area (Å²) in [6.07, 6.45) is 1.47. The number of nitrogens with zero attached hydrogens (tertiary/aromatic N) is 2. The fourth-order valence-electron chi connectivity index (χ4n) is 4.14. The first kappa shape index (κ1) is 31.2.